The molecular formula is C14H18BrNO. The summed E-state index contributed by atoms with van der Waals surface area (Å²) in [7, 11) is 0. The fourth-order valence-electron chi connectivity index (χ4n) is 3.24. The first-order valence-corrected chi connectivity index (χ1v) is 6.19. The van der Waals surface area contributed by atoms with Crippen molar-refractivity contribution in [2.45, 2.75) is 19.4 Å². The van der Waals surface area contributed by atoms with Gasteiger partial charge < -0.3 is 21.5 Å². The summed E-state index contributed by atoms with van der Waals surface area (Å²) in [6.45, 7) is 4.22. The van der Waals surface area contributed by atoms with Gasteiger partial charge in [0.2, 0.25) is 0 Å². The third-order valence-electron chi connectivity index (χ3n) is 4.21. The van der Waals surface area contributed by atoms with Crippen LogP contribution in [0.3, 0.4) is 0 Å². The zero-order valence-electron chi connectivity index (χ0n) is 9.94. The monoisotopic (exact) mass is 295 g/mol. The molecule has 0 amide bonds. The summed E-state index contributed by atoms with van der Waals surface area (Å²) >= 11 is 0. The van der Waals surface area contributed by atoms with Gasteiger partial charge in [0.05, 0.1) is 13.1 Å². The van der Waals surface area contributed by atoms with E-state index >= 15 is 0 Å². The SMILES string of the molecule is O=C1C[N+]2(Cc3ccccc3)CCC1CC2.[Br-]. The first kappa shape index (κ1) is 12.8. The lowest BCUT2D eigenvalue weighted by molar-refractivity contribution is -0.943. The minimum atomic E-state index is 0. The number of rotatable bonds is 2. The van der Waals surface area contributed by atoms with Crippen molar-refractivity contribution in [3.8, 4) is 0 Å². The standard InChI is InChI=1S/C14H18NO.BrH/c16-14-11-15(8-6-13(14)7-9-15)10-12-4-2-1-3-5-12;/h1-5,13H,6-11H2;1H/q+1;/p-1. The predicted octanol–water partition coefficient (Wildman–Crippen LogP) is -1.000. The van der Waals surface area contributed by atoms with Gasteiger partial charge >= 0.3 is 0 Å². The molecular weight excluding hydrogens is 278 g/mol. The van der Waals surface area contributed by atoms with Crippen molar-refractivity contribution in [1.29, 1.82) is 0 Å². The summed E-state index contributed by atoms with van der Waals surface area (Å²) in [6, 6.07) is 10.6. The summed E-state index contributed by atoms with van der Waals surface area (Å²) in [5.41, 5.74) is 1.37. The zero-order chi connectivity index (χ0) is 11.0. The molecule has 92 valence electrons. The second-order valence-electron chi connectivity index (χ2n) is 5.33. The number of ketones is 1. The fourth-order valence-corrected chi connectivity index (χ4v) is 3.24. The minimum absolute atomic E-state index is 0. The minimum Gasteiger partial charge on any atom is -1.00 e. The molecule has 3 aliphatic heterocycles. The maximum Gasteiger partial charge on any atom is 0.190 e. The Morgan fingerprint density at radius 3 is 2.35 bits per heavy atom. The van der Waals surface area contributed by atoms with Gasteiger partial charge in [-0.2, -0.15) is 0 Å². The van der Waals surface area contributed by atoms with Gasteiger partial charge in [-0.15, -0.1) is 0 Å². The van der Waals surface area contributed by atoms with Crippen LogP contribution >= 0.6 is 0 Å². The number of nitrogens with zero attached hydrogens (tertiary/aromatic N) is 1. The Hall–Kier alpha value is -0.670. The van der Waals surface area contributed by atoms with Crippen molar-refractivity contribution in [2.75, 3.05) is 19.6 Å². The van der Waals surface area contributed by atoms with Crippen LogP contribution in [0.4, 0.5) is 0 Å². The second-order valence-corrected chi connectivity index (χ2v) is 5.33. The Bertz CT molecular complexity index is 396. The normalized spacial score (nSPS) is 31.1. The fraction of sp³-hybridized carbons (Fsp3) is 0.500. The van der Waals surface area contributed by atoms with E-state index in [1.54, 1.807) is 0 Å². The van der Waals surface area contributed by atoms with Crippen LogP contribution < -0.4 is 17.0 Å². The highest BCUT2D eigenvalue weighted by Crippen LogP contribution is 2.32. The molecule has 3 heterocycles. The van der Waals surface area contributed by atoms with E-state index in [2.05, 4.69) is 30.3 Å². The smallest absolute Gasteiger partial charge is 0.190 e. The molecule has 2 bridgehead atoms. The van der Waals surface area contributed by atoms with Crippen LogP contribution in [-0.4, -0.2) is 29.9 Å². The number of hydrogen-bond acceptors (Lipinski definition) is 1. The zero-order valence-corrected chi connectivity index (χ0v) is 11.5. The van der Waals surface area contributed by atoms with Crippen LogP contribution in [0, 0.1) is 5.92 Å². The molecule has 3 aliphatic rings. The highest BCUT2D eigenvalue weighted by atomic mass is 79.9. The quantitative estimate of drug-likeness (QED) is 0.640. The van der Waals surface area contributed by atoms with Gasteiger partial charge in [0.1, 0.15) is 13.1 Å². The number of hydrogen-bond donors (Lipinski definition) is 0. The van der Waals surface area contributed by atoms with E-state index in [-0.39, 0.29) is 17.0 Å². The Labute approximate surface area is 113 Å². The van der Waals surface area contributed by atoms with Gasteiger partial charge in [0, 0.05) is 24.3 Å². The Morgan fingerprint density at radius 1 is 1.12 bits per heavy atom. The van der Waals surface area contributed by atoms with Crippen LogP contribution in [0.2, 0.25) is 0 Å². The predicted molar refractivity (Wildman–Crippen MR) is 62.7 cm³/mol. The third-order valence-corrected chi connectivity index (χ3v) is 4.21. The van der Waals surface area contributed by atoms with Crippen LogP contribution in [0.15, 0.2) is 30.3 Å². The summed E-state index contributed by atoms with van der Waals surface area (Å²) in [4.78, 5) is 11.8. The average Bonchev–Trinajstić information content (AvgIpc) is 2.31. The van der Waals surface area contributed by atoms with Gasteiger partial charge in [-0.1, -0.05) is 30.3 Å². The molecule has 3 heteroatoms. The van der Waals surface area contributed by atoms with Crippen molar-refractivity contribution in [1.82, 2.24) is 0 Å². The maximum atomic E-state index is 11.8. The number of fused-ring (bicyclic) bond motifs is 3. The molecule has 0 saturated carbocycles. The Kier molecular flexibility index (Phi) is 3.69. The molecule has 3 saturated heterocycles. The number of piperidine rings is 3. The van der Waals surface area contributed by atoms with E-state index < -0.39 is 0 Å². The molecule has 0 atom stereocenters. The largest absolute Gasteiger partial charge is 1.00 e. The number of quaternary nitrogens is 1. The van der Waals surface area contributed by atoms with E-state index in [9.17, 15) is 4.79 Å². The van der Waals surface area contributed by atoms with Gasteiger partial charge in [-0.05, 0) is 0 Å². The molecule has 0 aromatic heterocycles. The van der Waals surface area contributed by atoms with Gasteiger partial charge in [0.25, 0.3) is 0 Å². The lowest BCUT2D eigenvalue weighted by atomic mass is 9.84. The molecule has 0 unspecified atom stereocenters. The topological polar surface area (TPSA) is 17.1 Å². The number of carbonyl (C=O) groups excluding carboxylic acids is 1. The van der Waals surface area contributed by atoms with Crippen molar-refractivity contribution in [3.05, 3.63) is 35.9 Å². The van der Waals surface area contributed by atoms with Crippen LogP contribution in [-0.2, 0) is 11.3 Å². The first-order valence-electron chi connectivity index (χ1n) is 6.19. The van der Waals surface area contributed by atoms with E-state index in [0.717, 1.165) is 30.4 Å². The second kappa shape index (κ2) is 4.91. The molecule has 1 aromatic rings. The molecule has 0 N–H and O–H groups in total. The Morgan fingerprint density at radius 2 is 1.76 bits per heavy atom. The number of carbonyl (C=O) groups is 1. The maximum absolute atomic E-state index is 11.8. The molecule has 1 aromatic carbocycles. The first-order chi connectivity index (χ1) is 7.77. The summed E-state index contributed by atoms with van der Waals surface area (Å²) in [6.07, 6.45) is 2.23. The van der Waals surface area contributed by atoms with Gasteiger partial charge in [-0.3, -0.25) is 4.79 Å². The van der Waals surface area contributed by atoms with Crippen LogP contribution in [0.1, 0.15) is 18.4 Å². The van der Waals surface area contributed by atoms with Gasteiger partial charge in [0.15, 0.2) is 5.78 Å². The molecule has 2 nitrogen and oxygen atoms in total. The number of Topliss-reactive ketones (excluding diaryl/α,β-unsaturated/α-hetero) is 1. The van der Waals surface area contributed by atoms with Crippen molar-refractivity contribution in [3.63, 3.8) is 0 Å². The summed E-state index contributed by atoms with van der Waals surface area (Å²) in [5, 5.41) is 0. The van der Waals surface area contributed by atoms with Crippen molar-refractivity contribution in [2.24, 2.45) is 5.92 Å². The van der Waals surface area contributed by atoms with E-state index in [1.165, 1.54) is 18.7 Å². The van der Waals surface area contributed by atoms with Crippen LogP contribution in [0.5, 0.6) is 0 Å². The molecule has 0 spiro atoms. The Balaban J connectivity index is 0.00000108. The van der Waals surface area contributed by atoms with Crippen molar-refractivity contribution < 1.29 is 26.3 Å². The summed E-state index contributed by atoms with van der Waals surface area (Å²) in [5.74, 6) is 0.907. The number of halogens is 1. The van der Waals surface area contributed by atoms with E-state index in [0.29, 0.717) is 11.7 Å². The molecule has 0 radical (unpaired) electrons. The van der Waals surface area contributed by atoms with Gasteiger partial charge in [-0.25, -0.2) is 0 Å². The summed E-state index contributed by atoms with van der Waals surface area (Å²) < 4.78 is 1.01. The lowest BCUT2D eigenvalue weighted by Gasteiger charge is -2.48. The molecule has 4 rings (SSSR count). The number of benzene rings is 1. The van der Waals surface area contributed by atoms with E-state index in [4.69, 9.17) is 0 Å². The van der Waals surface area contributed by atoms with Crippen LogP contribution in [0.25, 0.3) is 0 Å². The van der Waals surface area contributed by atoms with Crippen molar-refractivity contribution >= 4 is 5.78 Å². The molecule has 3 fully saturated rings. The highest BCUT2D eigenvalue weighted by molar-refractivity contribution is 5.83. The molecule has 0 aliphatic carbocycles. The third kappa shape index (κ3) is 2.45. The lowest BCUT2D eigenvalue weighted by Crippen LogP contribution is -3.00. The van der Waals surface area contributed by atoms with E-state index in [1.807, 2.05) is 0 Å². The average molecular weight is 296 g/mol. The molecule has 17 heavy (non-hydrogen) atoms. The highest BCUT2D eigenvalue weighted by Gasteiger charge is 2.44.